The molecule has 1 aliphatic rings. The average molecular weight is 332 g/mol. The van der Waals surface area contributed by atoms with Crippen molar-refractivity contribution in [1.29, 1.82) is 0 Å². The number of rotatable bonds is 3. The Labute approximate surface area is 143 Å². The number of hydrogen-bond acceptors (Lipinski definition) is 4. The van der Waals surface area contributed by atoms with Crippen molar-refractivity contribution in [3.8, 4) is 0 Å². The summed E-state index contributed by atoms with van der Waals surface area (Å²) < 4.78 is 10.8. The first-order valence-corrected chi connectivity index (χ1v) is 8.26. The third kappa shape index (κ3) is 3.18. The molecule has 1 aliphatic carbocycles. The van der Waals surface area contributed by atoms with Crippen LogP contribution in [0.4, 0.5) is 0 Å². The Morgan fingerprint density at radius 2 is 1.83 bits per heavy atom. The van der Waals surface area contributed by atoms with E-state index in [4.69, 9.17) is 21.7 Å². The quantitative estimate of drug-likeness (QED) is 0.754. The number of ether oxygens (including phenoxy) is 2. The van der Waals surface area contributed by atoms with Crippen LogP contribution >= 0.6 is 12.2 Å². The Morgan fingerprint density at radius 1 is 1.22 bits per heavy atom. The van der Waals surface area contributed by atoms with E-state index < -0.39 is 0 Å². The second kappa shape index (κ2) is 6.44. The highest BCUT2D eigenvalue weighted by molar-refractivity contribution is 7.79. The highest BCUT2D eigenvalue weighted by Gasteiger charge is 2.44. The van der Waals surface area contributed by atoms with Crippen molar-refractivity contribution in [2.45, 2.75) is 47.5 Å². The van der Waals surface area contributed by atoms with E-state index in [1.165, 1.54) is 12.7 Å². The maximum Gasteiger partial charge on any atom is 0.357 e. The second-order valence-electron chi connectivity index (χ2n) is 6.53. The summed E-state index contributed by atoms with van der Waals surface area (Å²) in [6.45, 7) is 10.3. The van der Waals surface area contributed by atoms with Crippen LogP contribution in [0.1, 0.15) is 48.9 Å². The molecule has 124 valence electrons. The molecule has 3 nitrogen and oxygen atoms in total. The van der Waals surface area contributed by atoms with E-state index in [0.717, 1.165) is 23.1 Å². The minimum Gasteiger partial charge on any atom is -0.460 e. The van der Waals surface area contributed by atoms with Crippen molar-refractivity contribution in [3.05, 3.63) is 40.1 Å². The molecule has 1 unspecified atom stereocenters. The topological polar surface area (TPSA) is 35.5 Å². The predicted octanol–water partition coefficient (Wildman–Crippen LogP) is 4.66. The van der Waals surface area contributed by atoms with Crippen LogP contribution in [0.3, 0.4) is 0 Å². The summed E-state index contributed by atoms with van der Waals surface area (Å²) in [4.78, 5) is 12.8. The first-order chi connectivity index (χ1) is 10.7. The highest BCUT2D eigenvalue weighted by atomic mass is 32.1. The molecule has 0 radical (unpaired) electrons. The van der Waals surface area contributed by atoms with E-state index >= 15 is 0 Å². The van der Waals surface area contributed by atoms with Gasteiger partial charge >= 0.3 is 5.24 Å². The standard InChI is InChI=1S/C19H24O3S/c1-7-19(5)10-15(20)16(17(19)22-18(23)21-6)14-9-12(3)11(2)8-13(14)4/h8-9H,7,10H2,1-6H3. The molecule has 1 aromatic rings. The summed E-state index contributed by atoms with van der Waals surface area (Å²) in [6.07, 6.45) is 1.24. The zero-order valence-electron chi connectivity index (χ0n) is 14.7. The Bertz CT molecular complexity index is 703. The number of carbonyl (C=O) groups excluding carboxylic acids is 1. The molecular formula is C19H24O3S. The van der Waals surface area contributed by atoms with Gasteiger partial charge in [0.1, 0.15) is 5.76 Å². The van der Waals surface area contributed by atoms with Crippen molar-refractivity contribution < 1.29 is 14.3 Å². The number of benzene rings is 1. The largest absolute Gasteiger partial charge is 0.460 e. The van der Waals surface area contributed by atoms with Crippen LogP contribution in [0, 0.1) is 26.2 Å². The average Bonchev–Trinajstić information content (AvgIpc) is 2.74. The molecule has 0 N–H and O–H groups in total. The van der Waals surface area contributed by atoms with Crippen LogP contribution in [0.25, 0.3) is 5.57 Å². The minimum atomic E-state index is -0.347. The third-order valence-electron chi connectivity index (χ3n) is 4.85. The molecule has 0 spiro atoms. The molecule has 1 aromatic carbocycles. The van der Waals surface area contributed by atoms with Gasteiger partial charge in [-0.1, -0.05) is 26.0 Å². The molecule has 4 heteroatoms. The summed E-state index contributed by atoms with van der Waals surface area (Å²) in [5.41, 5.74) is 4.68. The number of aryl methyl sites for hydroxylation is 3. The Kier molecular flexibility index (Phi) is 4.95. The molecule has 0 bridgehead atoms. The molecule has 0 heterocycles. The van der Waals surface area contributed by atoms with Gasteiger partial charge in [0.25, 0.3) is 0 Å². The van der Waals surface area contributed by atoms with Crippen molar-refractivity contribution >= 4 is 28.8 Å². The zero-order valence-corrected chi connectivity index (χ0v) is 15.5. The molecule has 0 aliphatic heterocycles. The fourth-order valence-electron chi connectivity index (χ4n) is 3.04. The molecule has 23 heavy (non-hydrogen) atoms. The molecule has 0 amide bonds. The summed E-state index contributed by atoms with van der Waals surface area (Å²) in [7, 11) is 1.48. The van der Waals surface area contributed by atoms with Gasteiger partial charge in [-0.05, 0) is 49.4 Å². The lowest BCUT2D eigenvalue weighted by molar-refractivity contribution is -0.114. The van der Waals surface area contributed by atoms with Crippen molar-refractivity contribution in [2.24, 2.45) is 5.41 Å². The van der Waals surface area contributed by atoms with Crippen molar-refractivity contribution in [2.75, 3.05) is 7.11 Å². The number of hydrogen-bond donors (Lipinski definition) is 0. The fraction of sp³-hybridized carbons (Fsp3) is 0.474. The predicted molar refractivity (Wildman–Crippen MR) is 96.3 cm³/mol. The van der Waals surface area contributed by atoms with Gasteiger partial charge in [-0.2, -0.15) is 0 Å². The lowest BCUT2D eigenvalue weighted by atomic mass is 9.85. The van der Waals surface area contributed by atoms with Gasteiger partial charge in [0.05, 0.1) is 12.7 Å². The summed E-state index contributed by atoms with van der Waals surface area (Å²) in [5.74, 6) is 0.748. The van der Waals surface area contributed by atoms with Crippen LogP contribution < -0.4 is 0 Å². The van der Waals surface area contributed by atoms with Gasteiger partial charge in [-0.15, -0.1) is 0 Å². The Hall–Kier alpha value is -1.68. The number of ketones is 1. The van der Waals surface area contributed by atoms with E-state index in [0.29, 0.717) is 17.8 Å². The van der Waals surface area contributed by atoms with Crippen molar-refractivity contribution in [3.63, 3.8) is 0 Å². The molecular weight excluding hydrogens is 308 g/mol. The molecule has 2 rings (SSSR count). The summed E-state index contributed by atoms with van der Waals surface area (Å²) >= 11 is 5.07. The fourth-order valence-corrected chi connectivity index (χ4v) is 3.12. The molecule has 0 saturated carbocycles. The second-order valence-corrected chi connectivity index (χ2v) is 6.86. The van der Waals surface area contributed by atoms with Crippen LogP contribution in [0.5, 0.6) is 0 Å². The Balaban J connectivity index is 2.69. The van der Waals surface area contributed by atoms with Gasteiger partial charge in [0, 0.05) is 24.1 Å². The van der Waals surface area contributed by atoms with Crippen LogP contribution in [0.2, 0.25) is 0 Å². The zero-order chi connectivity index (χ0) is 17.4. The summed E-state index contributed by atoms with van der Waals surface area (Å²) in [6, 6.07) is 4.18. The van der Waals surface area contributed by atoms with E-state index in [1.54, 1.807) is 0 Å². The SMILES string of the molecule is CCC1(C)CC(=O)C(c2cc(C)c(C)cc2C)=C1OC(=S)OC. The number of Topliss-reactive ketones (excluding diaryl/α,β-unsaturated/α-hetero) is 1. The molecule has 1 atom stereocenters. The number of methoxy groups -OCH3 is 1. The highest BCUT2D eigenvalue weighted by Crippen LogP contribution is 2.48. The minimum absolute atomic E-state index is 0.0494. The van der Waals surface area contributed by atoms with E-state index in [2.05, 4.69) is 32.9 Å². The van der Waals surface area contributed by atoms with Gasteiger partial charge in [-0.25, -0.2) is 0 Å². The number of carbonyl (C=O) groups is 1. The third-order valence-corrected chi connectivity index (χ3v) is 5.10. The molecule has 0 saturated heterocycles. The van der Waals surface area contributed by atoms with Gasteiger partial charge in [-0.3, -0.25) is 4.79 Å². The van der Waals surface area contributed by atoms with E-state index in [1.807, 2.05) is 13.8 Å². The van der Waals surface area contributed by atoms with E-state index in [9.17, 15) is 4.79 Å². The Morgan fingerprint density at radius 3 is 2.39 bits per heavy atom. The van der Waals surface area contributed by atoms with Crippen LogP contribution in [-0.4, -0.2) is 18.1 Å². The number of allylic oxidation sites excluding steroid dienone is 2. The first kappa shape index (κ1) is 17.7. The van der Waals surface area contributed by atoms with Gasteiger partial charge in [0.15, 0.2) is 5.78 Å². The van der Waals surface area contributed by atoms with Crippen LogP contribution in [0.15, 0.2) is 17.9 Å². The smallest absolute Gasteiger partial charge is 0.357 e. The monoisotopic (exact) mass is 332 g/mol. The lowest BCUT2D eigenvalue weighted by Crippen LogP contribution is -2.19. The summed E-state index contributed by atoms with van der Waals surface area (Å²) in [5, 5.41) is 0.0494. The van der Waals surface area contributed by atoms with Crippen molar-refractivity contribution in [1.82, 2.24) is 0 Å². The lowest BCUT2D eigenvalue weighted by Gasteiger charge is -2.25. The normalized spacial score (nSPS) is 20.9. The van der Waals surface area contributed by atoms with Gasteiger partial charge in [0.2, 0.25) is 0 Å². The maximum absolute atomic E-state index is 12.8. The van der Waals surface area contributed by atoms with E-state index in [-0.39, 0.29) is 16.4 Å². The molecule has 0 fully saturated rings. The molecule has 0 aromatic heterocycles. The maximum atomic E-state index is 12.8. The first-order valence-electron chi connectivity index (χ1n) is 7.85. The van der Waals surface area contributed by atoms with Gasteiger partial charge < -0.3 is 9.47 Å². The number of thiocarbonyl (C=S) groups is 1. The van der Waals surface area contributed by atoms with Crippen LogP contribution in [-0.2, 0) is 14.3 Å².